The monoisotopic (exact) mass is 443 g/mol. The molecule has 2 amide bonds. The highest BCUT2D eigenvalue weighted by molar-refractivity contribution is 7.80. The van der Waals surface area contributed by atoms with Gasteiger partial charge >= 0.3 is 5.97 Å². The Kier molecular flexibility index (Phi) is 7.69. The van der Waals surface area contributed by atoms with Crippen LogP contribution in [0.15, 0.2) is 53.9 Å². The molecule has 1 atom stereocenters. The van der Waals surface area contributed by atoms with Gasteiger partial charge in [0.2, 0.25) is 11.8 Å². The van der Waals surface area contributed by atoms with Gasteiger partial charge in [0, 0.05) is 24.0 Å². The number of nitrogens with zero attached hydrogens (tertiary/aromatic N) is 1. The Morgan fingerprint density at radius 3 is 2.80 bits per heavy atom. The summed E-state index contributed by atoms with van der Waals surface area (Å²) in [5, 5.41) is 7.33. The van der Waals surface area contributed by atoms with Crippen molar-refractivity contribution in [2.75, 3.05) is 13.1 Å². The van der Waals surface area contributed by atoms with E-state index in [0.29, 0.717) is 13.1 Å². The number of thiophene rings is 1. The predicted molar refractivity (Wildman–Crippen MR) is 118 cm³/mol. The van der Waals surface area contributed by atoms with Gasteiger partial charge in [-0.2, -0.15) is 0 Å². The Labute approximate surface area is 183 Å². The van der Waals surface area contributed by atoms with Crippen molar-refractivity contribution in [1.29, 1.82) is 0 Å². The molecule has 3 rings (SSSR count). The second kappa shape index (κ2) is 10.7. The first-order chi connectivity index (χ1) is 14.5. The number of esters is 1. The minimum absolute atomic E-state index is 0.103. The van der Waals surface area contributed by atoms with Crippen molar-refractivity contribution in [3.63, 3.8) is 0 Å². The molecular weight excluding hydrogens is 422 g/mol. The molecule has 1 aromatic heterocycles. The van der Waals surface area contributed by atoms with E-state index in [9.17, 15) is 14.4 Å². The van der Waals surface area contributed by atoms with Gasteiger partial charge in [-0.3, -0.25) is 19.7 Å². The fraction of sp³-hybridized carbons (Fsp3) is 0.238. The van der Waals surface area contributed by atoms with Gasteiger partial charge in [0.25, 0.3) is 0 Å². The van der Waals surface area contributed by atoms with Crippen molar-refractivity contribution in [1.82, 2.24) is 15.5 Å². The fourth-order valence-electron chi connectivity index (χ4n) is 2.88. The first-order valence-corrected chi connectivity index (χ1v) is 10.6. The minimum Gasteiger partial charge on any atom is -0.461 e. The molecule has 2 aromatic rings. The highest BCUT2D eigenvalue weighted by Gasteiger charge is 2.34. The van der Waals surface area contributed by atoms with E-state index in [0.717, 1.165) is 10.4 Å². The molecule has 0 saturated carbocycles. The zero-order chi connectivity index (χ0) is 21.3. The van der Waals surface area contributed by atoms with Crippen molar-refractivity contribution in [2.24, 2.45) is 0 Å². The van der Waals surface area contributed by atoms with Crippen molar-refractivity contribution in [3.8, 4) is 0 Å². The molecule has 2 heterocycles. The summed E-state index contributed by atoms with van der Waals surface area (Å²) in [4.78, 5) is 39.3. The van der Waals surface area contributed by atoms with E-state index in [-0.39, 0.29) is 24.0 Å². The summed E-state index contributed by atoms with van der Waals surface area (Å²) in [6, 6.07) is 12.2. The van der Waals surface area contributed by atoms with Gasteiger partial charge in [-0.1, -0.05) is 36.4 Å². The molecule has 30 heavy (non-hydrogen) atoms. The van der Waals surface area contributed by atoms with Gasteiger partial charge in [0.1, 0.15) is 12.6 Å². The normalized spacial score (nSPS) is 16.2. The Bertz CT molecular complexity index is 929. The number of benzene rings is 1. The summed E-state index contributed by atoms with van der Waals surface area (Å²) < 4.78 is 5.28. The average molecular weight is 444 g/mol. The van der Waals surface area contributed by atoms with Crippen molar-refractivity contribution in [2.45, 2.75) is 19.1 Å². The second-order valence-corrected chi connectivity index (χ2v) is 7.86. The van der Waals surface area contributed by atoms with Crippen molar-refractivity contribution < 1.29 is 19.1 Å². The Morgan fingerprint density at radius 2 is 2.07 bits per heavy atom. The van der Waals surface area contributed by atoms with E-state index in [2.05, 4.69) is 10.6 Å². The standard InChI is InChI=1S/C21H21N3O4S2/c25-18(9-8-16-7-4-12-30-16)23-21(29)24-11-10-22-20(27)17(24)13-19(26)28-14-15-5-2-1-3-6-15/h1-9,12,17H,10-11,13-14H2,(H,22,27)(H,23,25,29). The lowest BCUT2D eigenvalue weighted by Crippen LogP contribution is -2.60. The van der Waals surface area contributed by atoms with Crippen molar-refractivity contribution >= 4 is 52.5 Å². The third-order valence-corrected chi connectivity index (χ3v) is 5.54. The Morgan fingerprint density at radius 1 is 1.27 bits per heavy atom. The zero-order valence-electron chi connectivity index (χ0n) is 16.1. The van der Waals surface area contributed by atoms with Crippen LogP contribution in [0, 0.1) is 0 Å². The molecule has 0 aliphatic carbocycles. The Balaban J connectivity index is 1.56. The third-order valence-electron chi connectivity index (χ3n) is 4.37. The van der Waals surface area contributed by atoms with Crippen LogP contribution in [0.25, 0.3) is 6.08 Å². The number of rotatable bonds is 6. The number of piperazine rings is 1. The van der Waals surface area contributed by atoms with Gasteiger partial charge in [0.15, 0.2) is 5.11 Å². The SMILES string of the molecule is O=C(C=Cc1cccs1)NC(=S)N1CCNC(=O)C1CC(=O)OCc1ccccc1. The van der Waals surface area contributed by atoms with Crippen LogP contribution >= 0.6 is 23.6 Å². The first kappa shape index (κ1) is 21.7. The zero-order valence-corrected chi connectivity index (χ0v) is 17.7. The van der Waals surface area contributed by atoms with Crippen molar-refractivity contribution in [3.05, 3.63) is 64.4 Å². The molecule has 1 aliphatic heterocycles. The highest BCUT2D eigenvalue weighted by Crippen LogP contribution is 2.13. The summed E-state index contributed by atoms with van der Waals surface area (Å²) in [7, 11) is 0. The molecule has 7 nitrogen and oxygen atoms in total. The number of carbonyl (C=O) groups excluding carboxylic acids is 3. The maximum absolute atomic E-state index is 12.3. The number of hydrogen-bond donors (Lipinski definition) is 2. The maximum atomic E-state index is 12.3. The summed E-state index contributed by atoms with van der Waals surface area (Å²) >= 11 is 6.83. The number of thiocarbonyl (C=S) groups is 1. The molecule has 9 heteroatoms. The number of amides is 2. The lowest BCUT2D eigenvalue weighted by molar-refractivity contribution is -0.148. The fourth-order valence-corrected chi connectivity index (χ4v) is 3.82. The van der Waals surface area contributed by atoms with Gasteiger partial charge in [-0.15, -0.1) is 11.3 Å². The van der Waals surface area contributed by atoms with Crippen LogP contribution in [0.4, 0.5) is 0 Å². The smallest absolute Gasteiger partial charge is 0.308 e. The van der Waals surface area contributed by atoms with Crippen LogP contribution in [-0.4, -0.2) is 46.9 Å². The van der Waals surface area contributed by atoms with Gasteiger partial charge in [-0.05, 0) is 35.3 Å². The quantitative estimate of drug-likeness (QED) is 0.404. The molecule has 0 bridgehead atoms. The third kappa shape index (κ3) is 6.23. The molecule has 1 aliphatic rings. The van der Waals surface area contributed by atoms with E-state index < -0.39 is 17.9 Å². The lowest BCUT2D eigenvalue weighted by Gasteiger charge is -2.36. The minimum atomic E-state index is -0.837. The predicted octanol–water partition coefficient (Wildman–Crippen LogP) is 2.10. The molecule has 1 aromatic carbocycles. The van der Waals surface area contributed by atoms with Gasteiger partial charge in [0.05, 0.1) is 6.42 Å². The molecule has 2 N–H and O–H groups in total. The van der Waals surface area contributed by atoms with E-state index in [1.165, 1.54) is 17.4 Å². The lowest BCUT2D eigenvalue weighted by atomic mass is 10.1. The van der Waals surface area contributed by atoms with Gasteiger partial charge in [-0.25, -0.2) is 0 Å². The summed E-state index contributed by atoms with van der Waals surface area (Å²) in [6.45, 7) is 0.883. The number of carbonyl (C=O) groups is 3. The van der Waals surface area contributed by atoms with Crippen LogP contribution in [0.5, 0.6) is 0 Å². The largest absolute Gasteiger partial charge is 0.461 e. The van der Waals surface area contributed by atoms with Crippen LogP contribution in [0.2, 0.25) is 0 Å². The van der Waals surface area contributed by atoms with E-state index in [4.69, 9.17) is 17.0 Å². The topological polar surface area (TPSA) is 87.7 Å². The summed E-state index contributed by atoms with van der Waals surface area (Å²) in [6.07, 6.45) is 2.90. The molecule has 0 radical (unpaired) electrons. The Hall–Kier alpha value is -3.04. The second-order valence-electron chi connectivity index (χ2n) is 6.49. The van der Waals surface area contributed by atoms with E-state index >= 15 is 0 Å². The van der Waals surface area contributed by atoms with Crippen LogP contribution in [-0.2, 0) is 25.7 Å². The highest BCUT2D eigenvalue weighted by atomic mass is 32.1. The molecule has 0 spiro atoms. The van der Waals surface area contributed by atoms with Crippen LogP contribution < -0.4 is 10.6 Å². The molecule has 156 valence electrons. The van der Waals surface area contributed by atoms with Crippen LogP contribution in [0.1, 0.15) is 16.9 Å². The molecule has 1 unspecified atom stereocenters. The number of ether oxygens (including phenoxy) is 1. The average Bonchev–Trinajstić information content (AvgIpc) is 3.26. The maximum Gasteiger partial charge on any atom is 0.308 e. The summed E-state index contributed by atoms with van der Waals surface area (Å²) in [5.74, 6) is -1.24. The first-order valence-electron chi connectivity index (χ1n) is 9.33. The number of hydrogen-bond acceptors (Lipinski definition) is 6. The summed E-state index contributed by atoms with van der Waals surface area (Å²) in [5.41, 5.74) is 0.858. The molecule has 1 saturated heterocycles. The molecular formula is C21H21N3O4S2. The number of nitrogens with one attached hydrogen (secondary N) is 2. The van der Waals surface area contributed by atoms with Gasteiger partial charge < -0.3 is 15.0 Å². The van der Waals surface area contributed by atoms with Crippen LogP contribution in [0.3, 0.4) is 0 Å². The van der Waals surface area contributed by atoms with E-state index in [1.807, 2.05) is 47.8 Å². The van der Waals surface area contributed by atoms with E-state index in [1.54, 1.807) is 11.0 Å². The molecule has 1 fully saturated rings.